The van der Waals surface area contributed by atoms with Crippen molar-refractivity contribution in [3.63, 3.8) is 0 Å². The molecule has 102 valence electrons. The third kappa shape index (κ3) is 1.78. The first-order valence-corrected chi connectivity index (χ1v) is 7.74. The standard InChI is InChI=1S/C15H26N2O/c1-2-15(7-3-4-8-15)14(18)17-12-5-6-13(17)10-11(16)9-12/h11-13H,2-10,16H2,1H3. The molecule has 0 radical (unpaired) electrons. The van der Waals surface area contributed by atoms with E-state index in [-0.39, 0.29) is 5.41 Å². The smallest absolute Gasteiger partial charge is 0.229 e. The predicted octanol–water partition coefficient (Wildman–Crippen LogP) is 2.44. The molecule has 1 aliphatic carbocycles. The number of amides is 1. The zero-order valence-corrected chi connectivity index (χ0v) is 11.5. The van der Waals surface area contributed by atoms with E-state index in [1.54, 1.807) is 0 Å². The van der Waals surface area contributed by atoms with Crippen molar-refractivity contribution < 1.29 is 4.79 Å². The zero-order valence-electron chi connectivity index (χ0n) is 11.5. The van der Waals surface area contributed by atoms with Crippen molar-refractivity contribution in [2.45, 2.75) is 82.8 Å². The molecule has 2 N–H and O–H groups in total. The van der Waals surface area contributed by atoms with Gasteiger partial charge >= 0.3 is 0 Å². The summed E-state index contributed by atoms with van der Waals surface area (Å²) in [7, 11) is 0. The summed E-state index contributed by atoms with van der Waals surface area (Å²) in [5, 5.41) is 0. The fraction of sp³-hybridized carbons (Fsp3) is 0.933. The van der Waals surface area contributed by atoms with E-state index in [1.807, 2.05) is 0 Å². The average Bonchev–Trinajstić information content (AvgIpc) is 2.93. The van der Waals surface area contributed by atoms with Gasteiger partial charge in [-0.25, -0.2) is 0 Å². The third-order valence-electron chi connectivity index (χ3n) is 5.70. The number of carbonyl (C=O) groups excluding carboxylic acids is 1. The molecule has 2 aliphatic heterocycles. The topological polar surface area (TPSA) is 46.3 Å². The van der Waals surface area contributed by atoms with Crippen LogP contribution in [0.15, 0.2) is 0 Å². The molecule has 1 saturated carbocycles. The quantitative estimate of drug-likeness (QED) is 0.818. The van der Waals surface area contributed by atoms with Crippen LogP contribution in [0.4, 0.5) is 0 Å². The van der Waals surface area contributed by atoms with Crippen LogP contribution in [0.5, 0.6) is 0 Å². The summed E-state index contributed by atoms with van der Waals surface area (Å²) in [5.41, 5.74) is 6.09. The Morgan fingerprint density at radius 2 is 1.78 bits per heavy atom. The molecule has 2 saturated heterocycles. The van der Waals surface area contributed by atoms with Crippen molar-refractivity contribution >= 4 is 5.91 Å². The summed E-state index contributed by atoms with van der Waals surface area (Å²) in [6.45, 7) is 2.20. The van der Waals surface area contributed by atoms with Crippen LogP contribution in [0.2, 0.25) is 0 Å². The Morgan fingerprint density at radius 3 is 2.28 bits per heavy atom. The van der Waals surface area contributed by atoms with Crippen molar-refractivity contribution in [2.75, 3.05) is 0 Å². The Balaban J connectivity index is 1.80. The van der Waals surface area contributed by atoms with Crippen LogP contribution in [-0.4, -0.2) is 28.9 Å². The highest BCUT2D eigenvalue weighted by atomic mass is 16.2. The van der Waals surface area contributed by atoms with Gasteiger partial charge in [0.1, 0.15) is 0 Å². The summed E-state index contributed by atoms with van der Waals surface area (Å²) >= 11 is 0. The first-order chi connectivity index (χ1) is 8.66. The molecular weight excluding hydrogens is 224 g/mol. The maximum absolute atomic E-state index is 13.0. The highest BCUT2D eigenvalue weighted by molar-refractivity contribution is 5.84. The van der Waals surface area contributed by atoms with Gasteiger partial charge in [0.2, 0.25) is 5.91 Å². The maximum atomic E-state index is 13.0. The summed E-state index contributed by atoms with van der Waals surface area (Å²) in [5.74, 6) is 0.474. The Bertz CT molecular complexity index is 321. The van der Waals surface area contributed by atoms with E-state index in [0.717, 1.165) is 32.1 Å². The minimum atomic E-state index is -0.0116. The number of hydrogen-bond acceptors (Lipinski definition) is 2. The van der Waals surface area contributed by atoms with E-state index in [1.165, 1.54) is 25.7 Å². The molecule has 0 aromatic heterocycles. The molecule has 0 spiro atoms. The fourth-order valence-electron chi connectivity index (χ4n) is 4.60. The van der Waals surface area contributed by atoms with Crippen molar-refractivity contribution in [2.24, 2.45) is 11.1 Å². The van der Waals surface area contributed by atoms with E-state index in [0.29, 0.717) is 24.0 Å². The molecule has 2 heterocycles. The largest absolute Gasteiger partial charge is 0.336 e. The third-order valence-corrected chi connectivity index (χ3v) is 5.70. The Morgan fingerprint density at radius 1 is 1.22 bits per heavy atom. The maximum Gasteiger partial charge on any atom is 0.229 e. The minimum absolute atomic E-state index is 0.0116. The number of nitrogens with two attached hydrogens (primary N) is 1. The molecule has 18 heavy (non-hydrogen) atoms. The molecule has 3 aliphatic rings. The summed E-state index contributed by atoms with van der Waals surface area (Å²) in [6.07, 6.45) is 10.2. The van der Waals surface area contributed by atoms with Gasteiger partial charge in [0.05, 0.1) is 0 Å². The van der Waals surface area contributed by atoms with Crippen LogP contribution >= 0.6 is 0 Å². The van der Waals surface area contributed by atoms with Gasteiger partial charge in [0, 0.05) is 23.5 Å². The summed E-state index contributed by atoms with van der Waals surface area (Å²) < 4.78 is 0. The highest BCUT2D eigenvalue weighted by Gasteiger charge is 2.49. The van der Waals surface area contributed by atoms with Gasteiger partial charge in [-0.1, -0.05) is 19.8 Å². The minimum Gasteiger partial charge on any atom is -0.336 e. The lowest BCUT2D eigenvalue weighted by Crippen LogP contribution is -2.54. The molecule has 3 rings (SSSR count). The average molecular weight is 250 g/mol. The Hall–Kier alpha value is -0.570. The van der Waals surface area contributed by atoms with Gasteiger partial charge in [-0.2, -0.15) is 0 Å². The second-order valence-electron chi connectivity index (χ2n) is 6.67. The lowest BCUT2D eigenvalue weighted by Gasteiger charge is -2.42. The molecule has 2 unspecified atom stereocenters. The van der Waals surface area contributed by atoms with Crippen LogP contribution < -0.4 is 5.73 Å². The van der Waals surface area contributed by atoms with Crippen LogP contribution in [0.25, 0.3) is 0 Å². The molecule has 3 nitrogen and oxygen atoms in total. The number of nitrogens with zero attached hydrogens (tertiary/aromatic N) is 1. The number of carbonyl (C=O) groups is 1. The van der Waals surface area contributed by atoms with Gasteiger partial charge in [0.25, 0.3) is 0 Å². The molecule has 0 aromatic carbocycles. The number of hydrogen-bond donors (Lipinski definition) is 1. The van der Waals surface area contributed by atoms with Gasteiger partial charge < -0.3 is 10.6 Å². The van der Waals surface area contributed by atoms with E-state index >= 15 is 0 Å². The lowest BCUT2D eigenvalue weighted by atomic mass is 9.80. The first-order valence-electron chi connectivity index (χ1n) is 7.74. The van der Waals surface area contributed by atoms with E-state index in [9.17, 15) is 4.79 Å². The van der Waals surface area contributed by atoms with E-state index < -0.39 is 0 Å². The Labute approximate surface area is 110 Å². The van der Waals surface area contributed by atoms with Crippen molar-refractivity contribution in [1.29, 1.82) is 0 Å². The van der Waals surface area contributed by atoms with E-state index in [2.05, 4.69) is 11.8 Å². The van der Waals surface area contributed by atoms with E-state index in [4.69, 9.17) is 5.73 Å². The summed E-state index contributed by atoms with van der Waals surface area (Å²) in [4.78, 5) is 15.3. The highest BCUT2D eigenvalue weighted by Crippen LogP contribution is 2.46. The molecule has 1 amide bonds. The SMILES string of the molecule is CCC1(C(=O)N2C3CCC2CC(N)C3)CCCC1. The molecule has 2 atom stereocenters. The zero-order chi connectivity index (χ0) is 12.8. The molecule has 0 aromatic rings. The number of fused-ring (bicyclic) bond motifs is 2. The predicted molar refractivity (Wildman–Crippen MR) is 72.1 cm³/mol. The molecule has 3 heteroatoms. The van der Waals surface area contributed by atoms with Gasteiger partial charge in [-0.15, -0.1) is 0 Å². The lowest BCUT2D eigenvalue weighted by molar-refractivity contribution is -0.147. The molecule has 2 bridgehead atoms. The van der Waals surface area contributed by atoms with Crippen molar-refractivity contribution in [3.05, 3.63) is 0 Å². The molecular formula is C15H26N2O. The van der Waals surface area contributed by atoms with Gasteiger partial charge in [0.15, 0.2) is 0 Å². The fourth-order valence-corrected chi connectivity index (χ4v) is 4.60. The van der Waals surface area contributed by atoms with Crippen LogP contribution in [0.3, 0.4) is 0 Å². The van der Waals surface area contributed by atoms with Crippen LogP contribution in [0, 0.1) is 5.41 Å². The second kappa shape index (κ2) is 4.52. The second-order valence-corrected chi connectivity index (χ2v) is 6.67. The normalized spacial score (nSPS) is 38.1. The number of piperidine rings is 1. The van der Waals surface area contributed by atoms with Crippen molar-refractivity contribution in [1.82, 2.24) is 4.90 Å². The Kier molecular flexibility index (Phi) is 3.13. The van der Waals surface area contributed by atoms with Crippen LogP contribution in [-0.2, 0) is 4.79 Å². The number of rotatable bonds is 2. The first kappa shape index (κ1) is 12.5. The molecule has 3 fully saturated rings. The van der Waals surface area contributed by atoms with Gasteiger partial charge in [-0.05, 0) is 44.9 Å². The van der Waals surface area contributed by atoms with Gasteiger partial charge in [-0.3, -0.25) is 4.79 Å². The summed E-state index contributed by atoms with van der Waals surface area (Å²) in [6, 6.07) is 1.23. The van der Waals surface area contributed by atoms with Crippen LogP contribution in [0.1, 0.15) is 64.7 Å². The van der Waals surface area contributed by atoms with Crippen molar-refractivity contribution in [3.8, 4) is 0 Å². The monoisotopic (exact) mass is 250 g/mol.